The molecule has 2 atom stereocenters. The molecule has 150 valence electrons. The molecule has 0 aliphatic carbocycles. The number of hydrogen-bond acceptors (Lipinski definition) is 5. The predicted octanol–water partition coefficient (Wildman–Crippen LogP) is 5.07. The molecular weight excluding hydrogens is 409 g/mol. The second-order valence-corrected chi connectivity index (χ2v) is 16.7. The maximum Gasteiger partial charge on any atom is 0.192 e. The lowest BCUT2D eigenvalue weighted by Crippen LogP contribution is -2.55. The Labute approximate surface area is 172 Å². The highest BCUT2D eigenvalue weighted by atomic mass is 35.5. The van der Waals surface area contributed by atoms with Gasteiger partial charge in [0.2, 0.25) is 0 Å². The molecule has 1 heterocycles. The Morgan fingerprint density at radius 2 is 1.69 bits per heavy atom. The van der Waals surface area contributed by atoms with E-state index in [4.69, 9.17) is 27.6 Å². The van der Waals surface area contributed by atoms with Gasteiger partial charge in [0.05, 0.1) is 12.8 Å². The van der Waals surface area contributed by atoms with Crippen LogP contribution in [0.25, 0.3) is 0 Å². The minimum Gasteiger partial charge on any atom is -0.598 e. The van der Waals surface area contributed by atoms with Gasteiger partial charge in [0.15, 0.2) is 13.5 Å². The maximum absolute atomic E-state index is 12.8. The molecule has 0 bridgehead atoms. The summed E-state index contributed by atoms with van der Waals surface area (Å²) in [6.07, 6.45) is 1.44. The van der Waals surface area contributed by atoms with Crippen LogP contribution in [0.4, 0.5) is 0 Å². The molecule has 0 saturated heterocycles. The smallest absolute Gasteiger partial charge is 0.192 e. The molecule has 0 aliphatic heterocycles. The molecule has 5 nitrogen and oxygen atoms in total. The maximum atomic E-state index is 12.8. The topological polar surface area (TPSA) is 70.1 Å². The first-order valence-electron chi connectivity index (χ1n) is 8.52. The zero-order valence-corrected chi connectivity index (χ0v) is 20.5. The Hall–Kier alpha value is 0.107. The summed E-state index contributed by atoms with van der Waals surface area (Å²) in [5, 5.41) is 0.438. The van der Waals surface area contributed by atoms with Gasteiger partial charge in [-0.2, -0.15) is 0 Å². The molecule has 0 saturated carbocycles. The van der Waals surface area contributed by atoms with Crippen molar-refractivity contribution in [3.63, 3.8) is 0 Å². The average Bonchev–Trinajstić information content (AvgIpc) is 2.42. The Kier molecular flexibility index (Phi) is 7.64. The van der Waals surface area contributed by atoms with Crippen molar-refractivity contribution in [3.8, 4) is 0 Å². The summed E-state index contributed by atoms with van der Waals surface area (Å²) < 4.78 is 21.9. The molecule has 0 fully saturated rings. The molecule has 0 amide bonds. The Morgan fingerprint density at radius 3 is 2.12 bits per heavy atom. The zero-order chi connectivity index (χ0) is 20.6. The van der Waals surface area contributed by atoms with Crippen molar-refractivity contribution in [2.24, 2.45) is 0 Å². The molecule has 26 heavy (non-hydrogen) atoms. The van der Waals surface area contributed by atoms with E-state index in [1.807, 2.05) is 27.7 Å². The summed E-state index contributed by atoms with van der Waals surface area (Å²) in [4.78, 5) is 8.45. The van der Waals surface area contributed by atoms with Gasteiger partial charge in [0.1, 0.15) is 21.1 Å². The lowest BCUT2D eigenvalue weighted by Gasteiger charge is -2.40. The summed E-state index contributed by atoms with van der Waals surface area (Å²) in [6, 6.07) is 0. The van der Waals surface area contributed by atoms with Gasteiger partial charge in [0.25, 0.3) is 0 Å². The van der Waals surface area contributed by atoms with E-state index in [2.05, 4.69) is 48.6 Å². The van der Waals surface area contributed by atoms with Crippen LogP contribution in [-0.4, -0.2) is 34.2 Å². The number of nitrogens with one attached hydrogen (secondary N) is 1. The second kappa shape index (κ2) is 8.23. The third-order valence-electron chi connectivity index (χ3n) is 4.63. The SMILES string of the molecule is CC(CO[Si](C)(C)C(C)(C)C)(N[S+]([O-])C(C)(C)C)c1ncc(Cl)nc1Cl. The van der Waals surface area contributed by atoms with Crippen molar-refractivity contribution in [2.45, 2.75) is 76.9 Å². The van der Waals surface area contributed by atoms with Crippen LogP contribution in [0.3, 0.4) is 0 Å². The quantitative estimate of drug-likeness (QED) is 0.494. The first-order valence-corrected chi connectivity index (χ1v) is 13.3. The third kappa shape index (κ3) is 6.05. The van der Waals surface area contributed by atoms with Crippen LogP contribution in [0.15, 0.2) is 6.20 Å². The molecule has 0 aliphatic rings. The van der Waals surface area contributed by atoms with Crippen molar-refractivity contribution in [1.82, 2.24) is 14.7 Å². The van der Waals surface area contributed by atoms with Crippen molar-refractivity contribution in [2.75, 3.05) is 6.61 Å². The third-order valence-corrected chi connectivity index (χ3v) is 11.3. The molecule has 0 radical (unpaired) electrons. The van der Waals surface area contributed by atoms with Crippen LogP contribution in [0.1, 0.15) is 54.2 Å². The monoisotopic (exact) mass is 439 g/mol. The Bertz CT molecular complexity index is 635. The highest BCUT2D eigenvalue weighted by molar-refractivity contribution is 7.90. The summed E-state index contributed by atoms with van der Waals surface area (Å²) in [7, 11) is -2.03. The fourth-order valence-corrected chi connectivity index (χ4v) is 4.24. The van der Waals surface area contributed by atoms with Crippen LogP contribution in [-0.2, 0) is 21.3 Å². The molecule has 1 N–H and O–H groups in total. The molecule has 9 heteroatoms. The van der Waals surface area contributed by atoms with Gasteiger partial charge in [-0.15, -0.1) is 4.72 Å². The van der Waals surface area contributed by atoms with Crippen LogP contribution in [0, 0.1) is 0 Å². The normalized spacial score (nSPS) is 17.1. The molecule has 1 rings (SSSR count). The van der Waals surface area contributed by atoms with E-state index >= 15 is 0 Å². The van der Waals surface area contributed by atoms with Gasteiger partial charge in [-0.1, -0.05) is 44.0 Å². The van der Waals surface area contributed by atoms with Gasteiger partial charge < -0.3 is 8.98 Å². The minimum absolute atomic E-state index is 0.0482. The van der Waals surface area contributed by atoms with E-state index in [0.717, 1.165) is 0 Å². The van der Waals surface area contributed by atoms with E-state index in [0.29, 0.717) is 5.69 Å². The fourth-order valence-electron chi connectivity index (χ4n) is 1.76. The molecule has 1 aromatic heterocycles. The Morgan fingerprint density at radius 1 is 1.15 bits per heavy atom. The van der Waals surface area contributed by atoms with E-state index < -0.39 is 30.0 Å². The first-order chi connectivity index (χ1) is 11.5. The van der Waals surface area contributed by atoms with Crippen molar-refractivity contribution in [1.29, 1.82) is 0 Å². The number of aromatic nitrogens is 2. The van der Waals surface area contributed by atoms with E-state index in [-0.39, 0.29) is 22.0 Å². The summed E-state index contributed by atoms with van der Waals surface area (Å²) >= 11 is 10.9. The molecule has 0 aromatic carbocycles. The number of rotatable bonds is 6. The average molecular weight is 441 g/mol. The van der Waals surface area contributed by atoms with Crippen LogP contribution in [0.2, 0.25) is 28.4 Å². The summed E-state index contributed by atoms with van der Waals surface area (Å²) in [5.74, 6) is 0. The number of halogens is 2. The van der Waals surface area contributed by atoms with Crippen molar-refractivity contribution >= 4 is 42.9 Å². The van der Waals surface area contributed by atoms with Crippen LogP contribution >= 0.6 is 23.2 Å². The highest BCUT2D eigenvalue weighted by Crippen LogP contribution is 2.38. The lowest BCUT2D eigenvalue weighted by atomic mass is 10.0. The van der Waals surface area contributed by atoms with E-state index in [1.54, 1.807) is 0 Å². The molecular formula is C17H31Cl2N3O2SSi. The first kappa shape index (κ1) is 24.1. The number of nitrogens with zero attached hydrogens (tertiary/aromatic N) is 2. The standard InChI is InChI=1S/C17H31Cl2N3O2SSi/c1-15(2,3)25(23)22-17(7,11-24-26(8,9)16(4,5)6)13-14(19)21-12(18)10-20-13/h10,22H,11H2,1-9H3. The molecule has 1 aromatic rings. The largest absolute Gasteiger partial charge is 0.598 e. The van der Waals surface area contributed by atoms with Gasteiger partial charge >= 0.3 is 0 Å². The molecule has 0 spiro atoms. The van der Waals surface area contributed by atoms with Crippen molar-refractivity contribution in [3.05, 3.63) is 22.2 Å². The second-order valence-electron chi connectivity index (χ2n) is 9.20. The predicted molar refractivity (Wildman–Crippen MR) is 114 cm³/mol. The fraction of sp³-hybridized carbons (Fsp3) is 0.765. The van der Waals surface area contributed by atoms with Gasteiger partial charge in [0, 0.05) is 11.4 Å². The van der Waals surface area contributed by atoms with Gasteiger partial charge in [-0.25, -0.2) is 4.98 Å². The van der Waals surface area contributed by atoms with Crippen LogP contribution < -0.4 is 4.72 Å². The lowest BCUT2D eigenvalue weighted by molar-refractivity contribution is 0.195. The van der Waals surface area contributed by atoms with E-state index in [1.165, 1.54) is 6.20 Å². The van der Waals surface area contributed by atoms with Crippen LogP contribution in [0.5, 0.6) is 0 Å². The van der Waals surface area contributed by atoms with Gasteiger partial charge in [-0.3, -0.25) is 4.98 Å². The highest BCUT2D eigenvalue weighted by Gasteiger charge is 2.44. The minimum atomic E-state index is -2.03. The van der Waals surface area contributed by atoms with Gasteiger partial charge in [-0.05, 0) is 45.8 Å². The van der Waals surface area contributed by atoms with E-state index in [9.17, 15) is 4.55 Å². The summed E-state index contributed by atoms with van der Waals surface area (Å²) in [5.41, 5.74) is -0.401. The Balaban J connectivity index is 3.25. The molecule has 2 unspecified atom stereocenters. The number of hydrogen-bond donors (Lipinski definition) is 1. The summed E-state index contributed by atoms with van der Waals surface area (Å²) in [6.45, 7) is 18.7. The zero-order valence-electron chi connectivity index (χ0n) is 17.2. The van der Waals surface area contributed by atoms with Crippen molar-refractivity contribution < 1.29 is 8.98 Å².